The molecular weight excluding hydrogens is 488 g/mol. The highest BCUT2D eigenvalue weighted by molar-refractivity contribution is 8.18. The second kappa shape index (κ2) is 10.8. The molecule has 0 saturated carbocycles. The lowest BCUT2D eigenvalue weighted by atomic mass is 9.79. The van der Waals surface area contributed by atoms with E-state index in [1.54, 1.807) is 17.3 Å². The van der Waals surface area contributed by atoms with Gasteiger partial charge in [0.25, 0.3) is 5.91 Å². The van der Waals surface area contributed by atoms with Crippen molar-refractivity contribution in [2.45, 2.75) is 65.5 Å². The number of amides is 1. The average molecular weight is 525 g/mol. The fraction of sp³-hybridized carbons (Fsp3) is 0.344. The lowest BCUT2D eigenvalue weighted by molar-refractivity contribution is -0.122. The summed E-state index contributed by atoms with van der Waals surface area (Å²) in [6, 6.07) is 18.3. The molecule has 0 radical (unpaired) electrons. The van der Waals surface area contributed by atoms with Crippen molar-refractivity contribution in [2.24, 2.45) is 4.99 Å². The fourth-order valence-electron chi connectivity index (χ4n) is 5.61. The standard InChI is InChI=1S/C32H36N4OS/c1-6-15-36-28-16-22(2)25(17-27(28)23(3)19-32(36,4)5)18-29-30(37)35(21-24-11-10-14-33-20-24)31(38-29)34-26-12-8-7-9-13-26/h7-14,16-18,20,23H,6,15,19,21H2,1-5H3/b29-18+,34-31?. The summed E-state index contributed by atoms with van der Waals surface area (Å²) in [6.45, 7) is 12.9. The van der Waals surface area contributed by atoms with Crippen LogP contribution < -0.4 is 4.90 Å². The molecule has 1 saturated heterocycles. The number of aryl methyl sites for hydroxylation is 1. The van der Waals surface area contributed by atoms with Crippen LogP contribution in [0.1, 0.15) is 68.7 Å². The molecule has 3 heterocycles. The van der Waals surface area contributed by atoms with Crippen molar-refractivity contribution in [1.82, 2.24) is 9.88 Å². The molecule has 5 nitrogen and oxygen atoms in total. The van der Waals surface area contributed by atoms with Gasteiger partial charge < -0.3 is 4.90 Å². The summed E-state index contributed by atoms with van der Waals surface area (Å²) < 4.78 is 0. The van der Waals surface area contributed by atoms with E-state index in [4.69, 9.17) is 4.99 Å². The maximum absolute atomic E-state index is 13.7. The van der Waals surface area contributed by atoms with Gasteiger partial charge >= 0.3 is 0 Å². The molecule has 0 N–H and O–H groups in total. The molecule has 0 aliphatic carbocycles. The van der Waals surface area contributed by atoms with Crippen molar-refractivity contribution >= 4 is 40.3 Å². The first-order valence-electron chi connectivity index (χ1n) is 13.4. The summed E-state index contributed by atoms with van der Waals surface area (Å²) in [6.07, 6.45) is 7.83. The highest BCUT2D eigenvalue weighted by atomic mass is 32.2. The van der Waals surface area contributed by atoms with Gasteiger partial charge in [0.1, 0.15) is 0 Å². The van der Waals surface area contributed by atoms with Crippen LogP contribution in [-0.2, 0) is 11.3 Å². The molecule has 2 aromatic carbocycles. The molecule has 6 heteroatoms. The Morgan fingerprint density at radius 2 is 1.95 bits per heavy atom. The lowest BCUT2D eigenvalue weighted by Gasteiger charge is -2.48. The van der Waals surface area contributed by atoms with E-state index in [0.717, 1.165) is 36.2 Å². The van der Waals surface area contributed by atoms with Gasteiger partial charge in [-0.25, -0.2) is 4.99 Å². The van der Waals surface area contributed by atoms with Crippen molar-refractivity contribution in [3.05, 3.63) is 94.1 Å². The SMILES string of the molecule is CCCN1c2cc(C)c(/C=C3/SC(=Nc4ccccc4)N(Cc4cccnc4)C3=O)cc2C(C)CC1(C)C. The number of benzene rings is 2. The Balaban J connectivity index is 1.53. The number of hydrogen-bond donors (Lipinski definition) is 0. The Morgan fingerprint density at radius 3 is 2.66 bits per heavy atom. The second-order valence-electron chi connectivity index (χ2n) is 10.9. The van der Waals surface area contributed by atoms with Crippen molar-refractivity contribution in [1.29, 1.82) is 0 Å². The van der Waals surface area contributed by atoms with Gasteiger partial charge in [-0.05, 0) is 110 Å². The highest BCUT2D eigenvalue weighted by Gasteiger charge is 2.37. The van der Waals surface area contributed by atoms with Crippen LogP contribution in [0.25, 0.3) is 6.08 Å². The summed E-state index contributed by atoms with van der Waals surface area (Å²) in [4.78, 5) is 27.8. The van der Waals surface area contributed by atoms with Crippen LogP contribution >= 0.6 is 11.8 Å². The molecule has 196 valence electrons. The van der Waals surface area contributed by atoms with Crippen LogP contribution in [0.15, 0.2) is 76.9 Å². The predicted molar refractivity (Wildman–Crippen MR) is 160 cm³/mol. The van der Waals surface area contributed by atoms with Crippen LogP contribution in [-0.4, -0.2) is 33.0 Å². The maximum atomic E-state index is 13.7. The largest absolute Gasteiger partial charge is 0.366 e. The molecule has 38 heavy (non-hydrogen) atoms. The fourth-order valence-corrected chi connectivity index (χ4v) is 6.60. The third-order valence-corrected chi connectivity index (χ3v) is 8.45. The maximum Gasteiger partial charge on any atom is 0.267 e. The number of fused-ring (bicyclic) bond motifs is 1. The van der Waals surface area contributed by atoms with Crippen LogP contribution in [0.4, 0.5) is 11.4 Å². The monoisotopic (exact) mass is 524 g/mol. The molecule has 3 aromatic rings. The Kier molecular flexibility index (Phi) is 7.44. The molecule has 1 atom stereocenters. The van der Waals surface area contributed by atoms with Crippen molar-refractivity contribution < 1.29 is 4.79 Å². The van der Waals surface area contributed by atoms with E-state index in [1.165, 1.54) is 28.6 Å². The first-order valence-corrected chi connectivity index (χ1v) is 14.2. The van der Waals surface area contributed by atoms with E-state index in [9.17, 15) is 4.79 Å². The van der Waals surface area contributed by atoms with E-state index >= 15 is 0 Å². The summed E-state index contributed by atoms with van der Waals surface area (Å²) in [5.74, 6) is 0.433. The molecule has 1 unspecified atom stereocenters. The van der Waals surface area contributed by atoms with Gasteiger partial charge in [-0.15, -0.1) is 0 Å². The number of hydrogen-bond acceptors (Lipinski definition) is 5. The zero-order valence-corrected chi connectivity index (χ0v) is 23.8. The number of carbonyl (C=O) groups excluding carboxylic acids is 1. The topological polar surface area (TPSA) is 48.8 Å². The van der Waals surface area contributed by atoms with E-state index in [0.29, 0.717) is 22.5 Å². The molecule has 0 spiro atoms. The molecule has 2 aliphatic rings. The second-order valence-corrected chi connectivity index (χ2v) is 11.9. The Labute approximate surface area is 230 Å². The van der Waals surface area contributed by atoms with Gasteiger partial charge in [-0.3, -0.25) is 14.7 Å². The van der Waals surface area contributed by atoms with Gasteiger partial charge in [-0.2, -0.15) is 0 Å². The number of thioether (sulfide) groups is 1. The molecule has 0 bridgehead atoms. The number of rotatable bonds is 6. The molecule has 2 aliphatic heterocycles. The number of aliphatic imine (C=N–C) groups is 1. The van der Waals surface area contributed by atoms with E-state index in [2.05, 4.69) is 62.7 Å². The zero-order chi connectivity index (χ0) is 26.9. The molecule has 1 aromatic heterocycles. The van der Waals surface area contributed by atoms with Crippen molar-refractivity contribution in [3.8, 4) is 0 Å². The number of amidine groups is 1. The van der Waals surface area contributed by atoms with Crippen LogP contribution in [0, 0.1) is 6.92 Å². The minimum absolute atomic E-state index is 0.0209. The number of para-hydroxylation sites is 1. The molecule has 5 rings (SSSR count). The predicted octanol–water partition coefficient (Wildman–Crippen LogP) is 7.70. The van der Waals surface area contributed by atoms with Gasteiger partial charge in [-0.1, -0.05) is 38.1 Å². The van der Waals surface area contributed by atoms with Gasteiger partial charge in [0.2, 0.25) is 0 Å². The first kappa shape index (κ1) is 26.2. The third-order valence-electron chi connectivity index (χ3n) is 7.44. The summed E-state index contributed by atoms with van der Waals surface area (Å²) in [5.41, 5.74) is 6.93. The summed E-state index contributed by atoms with van der Waals surface area (Å²) in [5, 5.41) is 0.691. The number of aromatic nitrogens is 1. The van der Waals surface area contributed by atoms with E-state index < -0.39 is 0 Å². The smallest absolute Gasteiger partial charge is 0.267 e. The lowest BCUT2D eigenvalue weighted by Crippen LogP contribution is -2.48. The molecular formula is C32H36N4OS. The minimum atomic E-state index is -0.0209. The van der Waals surface area contributed by atoms with Crippen molar-refractivity contribution in [2.75, 3.05) is 11.4 Å². The van der Waals surface area contributed by atoms with Crippen molar-refractivity contribution in [3.63, 3.8) is 0 Å². The Bertz CT molecular complexity index is 1380. The average Bonchev–Trinajstić information content (AvgIpc) is 3.17. The zero-order valence-electron chi connectivity index (χ0n) is 22.9. The minimum Gasteiger partial charge on any atom is -0.366 e. The number of anilines is 1. The number of pyridine rings is 1. The molecule has 1 amide bonds. The van der Waals surface area contributed by atoms with Crippen LogP contribution in [0.2, 0.25) is 0 Å². The quantitative estimate of drug-likeness (QED) is 0.310. The Morgan fingerprint density at radius 1 is 1.16 bits per heavy atom. The third kappa shape index (κ3) is 5.28. The van der Waals surface area contributed by atoms with Crippen LogP contribution in [0.3, 0.4) is 0 Å². The van der Waals surface area contributed by atoms with Gasteiger partial charge in [0, 0.05) is 30.2 Å². The first-order chi connectivity index (χ1) is 18.3. The summed E-state index contributed by atoms with van der Waals surface area (Å²) >= 11 is 1.45. The van der Waals surface area contributed by atoms with E-state index in [-0.39, 0.29) is 11.4 Å². The number of carbonyl (C=O) groups is 1. The summed E-state index contributed by atoms with van der Waals surface area (Å²) in [7, 11) is 0. The Hall–Kier alpha value is -3.38. The normalized spacial score (nSPS) is 20.9. The van der Waals surface area contributed by atoms with Gasteiger partial charge in [0.15, 0.2) is 5.17 Å². The van der Waals surface area contributed by atoms with E-state index in [1.807, 2.05) is 42.5 Å². The number of nitrogens with zero attached hydrogens (tertiary/aromatic N) is 4. The molecule has 1 fully saturated rings. The highest BCUT2D eigenvalue weighted by Crippen LogP contribution is 2.45. The van der Waals surface area contributed by atoms with Gasteiger partial charge in [0.05, 0.1) is 17.1 Å². The van der Waals surface area contributed by atoms with Crippen LogP contribution in [0.5, 0.6) is 0 Å².